The number of amides is 2. The fourth-order valence-electron chi connectivity index (χ4n) is 2.30. The third kappa shape index (κ3) is 6.05. The van der Waals surface area contributed by atoms with Crippen molar-refractivity contribution in [3.63, 3.8) is 0 Å². The smallest absolute Gasteiger partial charge is 0.265 e. The number of rotatable bonds is 7. The molecule has 0 atom stereocenters. The van der Waals surface area contributed by atoms with E-state index in [9.17, 15) is 9.59 Å². The first-order valence-corrected chi connectivity index (χ1v) is 8.41. The second kappa shape index (κ2) is 9.36. The molecule has 0 spiro atoms. The third-order valence-corrected chi connectivity index (χ3v) is 3.64. The Kier molecular flexibility index (Phi) is 6.91. The lowest BCUT2D eigenvalue weighted by Crippen LogP contribution is -2.17. The molecule has 0 aliphatic carbocycles. The monoisotopic (exact) mass is 353 g/mol. The molecule has 0 aliphatic heterocycles. The molecule has 0 heterocycles. The number of nitrogens with zero attached hydrogens (tertiary/aromatic N) is 1. The normalized spacial score (nSPS) is 11.0. The van der Waals surface area contributed by atoms with Crippen LogP contribution in [0.3, 0.4) is 0 Å². The summed E-state index contributed by atoms with van der Waals surface area (Å²) in [6.07, 6.45) is 0.907. The van der Waals surface area contributed by atoms with Crippen molar-refractivity contribution in [2.75, 3.05) is 17.2 Å². The number of anilines is 2. The van der Waals surface area contributed by atoms with E-state index in [1.165, 1.54) is 6.92 Å². The zero-order chi connectivity index (χ0) is 18.9. The van der Waals surface area contributed by atoms with Gasteiger partial charge in [-0.3, -0.25) is 9.59 Å². The highest BCUT2D eigenvalue weighted by Crippen LogP contribution is 2.12. The molecule has 6 nitrogen and oxygen atoms in total. The van der Waals surface area contributed by atoms with Crippen molar-refractivity contribution in [1.29, 1.82) is 0 Å². The van der Waals surface area contributed by atoms with Crippen LogP contribution in [0.15, 0.2) is 53.7 Å². The molecule has 2 aromatic rings. The van der Waals surface area contributed by atoms with Crippen molar-refractivity contribution in [2.24, 2.45) is 5.16 Å². The summed E-state index contributed by atoms with van der Waals surface area (Å²) >= 11 is 0. The van der Waals surface area contributed by atoms with Gasteiger partial charge in [-0.15, -0.1) is 0 Å². The average Bonchev–Trinajstić information content (AvgIpc) is 2.62. The van der Waals surface area contributed by atoms with Crippen LogP contribution in [-0.4, -0.2) is 24.1 Å². The van der Waals surface area contributed by atoms with E-state index in [-0.39, 0.29) is 18.4 Å². The Bertz CT molecular complexity index is 798. The number of aryl methyl sites for hydroxylation is 1. The van der Waals surface area contributed by atoms with Gasteiger partial charge in [-0.2, -0.15) is 0 Å². The van der Waals surface area contributed by atoms with Crippen molar-refractivity contribution >= 4 is 28.9 Å². The zero-order valence-electron chi connectivity index (χ0n) is 15.2. The lowest BCUT2D eigenvalue weighted by Gasteiger charge is -2.07. The number of carbonyl (C=O) groups is 2. The van der Waals surface area contributed by atoms with E-state index >= 15 is 0 Å². The second-order valence-electron chi connectivity index (χ2n) is 5.81. The van der Waals surface area contributed by atoms with Gasteiger partial charge >= 0.3 is 0 Å². The molecule has 2 rings (SSSR count). The maximum absolute atomic E-state index is 11.9. The number of oxime groups is 1. The van der Waals surface area contributed by atoms with E-state index in [2.05, 4.69) is 22.7 Å². The maximum atomic E-state index is 11.9. The molecule has 2 amide bonds. The summed E-state index contributed by atoms with van der Waals surface area (Å²) in [5.74, 6) is -0.391. The lowest BCUT2D eigenvalue weighted by molar-refractivity contribution is -0.120. The molecule has 26 heavy (non-hydrogen) atoms. The van der Waals surface area contributed by atoms with Gasteiger partial charge in [-0.25, -0.2) is 0 Å². The Morgan fingerprint density at radius 2 is 1.73 bits per heavy atom. The van der Waals surface area contributed by atoms with Crippen LogP contribution in [0.1, 0.15) is 31.9 Å². The molecule has 0 unspecified atom stereocenters. The van der Waals surface area contributed by atoms with E-state index in [0.717, 1.165) is 23.2 Å². The van der Waals surface area contributed by atoms with E-state index in [1.807, 2.05) is 36.4 Å². The first kappa shape index (κ1) is 19.2. The van der Waals surface area contributed by atoms with Crippen LogP contribution in [0.4, 0.5) is 11.4 Å². The van der Waals surface area contributed by atoms with Crippen LogP contribution in [0.2, 0.25) is 0 Å². The SMILES string of the molecule is CCc1cccc(NC(=O)CO/N=C(\C)c2ccc(NC(C)=O)cc2)c1. The van der Waals surface area contributed by atoms with Crippen LogP contribution in [0, 0.1) is 0 Å². The topological polar surface area (TPSA) is 79.8 Å². The number of hydrogen-bond donors (Lipinski definition) is 2. The van der Waals surface area contributed by atoms with Crippen LogP contribution < -0.4 is 10.6 Å². The minimum Gasteiger partial charge on any atom is -0.385 e. The Balaban J connectivity index is 1.86. The number of carbonyl (C=O) groups excluding carboxylic acids is 2. The van der Waals surface area contributed by atoms with Crippen LogP contribution >= 0.6 is 0 Å². The minimum atomic E-state index is -0.268. The van der Waals surface area contributed by atoms with E-state index in [1.54, 1.807) is 19.1 Å². The van der Waals surface area contributed by atoms with Gasteiger partial charge in [0.05, 0.1) is 5.71 Å². The highest BCUT2D eigenvalue weighted by atomic mass is 16.6. The van der Waals surface area contributed by atoms with Crippen LogP contribution in [0.5, 0.6) is 0 Å². The first-order chi connectivity index (χ1) is 12.5. The van der Waals surface area contributed by atoms with Gasteiger partial charge < -0.3 is 15.5 Å². The fourth-order valence-corrected chi connectivity index (χ4v) is 2.30. The highest BCUT2D eigenvalue weighted by molar-refractivity contribution is 5.99. The lowest BCUT2D eigenvalue weighted by atomic mass is 10.1. The molecule has 0 fully saturated rings. The summed E-state index contributed by atoms with van der Waals surface area (Å²) in [4.78, 5) is 28.1. The quantitative estimate of drug-likeness (QED) is 0.590. The molecular weight excluding hydrogens is 330 g/mol. The van der Waals surface area contributed by atoms with Gasteiger partial charge in [-0.05, 0) is 48.7 Å². The minimum absolute atomic E-state index is 0.123. The number of hydrogen-bond acceptors (Lipinski definition) is 4. The van der Waals surface area contributed by atoms with Gasteiger partial charge in [0.15, 0.2) is 6.61 Å². The summed E-state index contributed by atoms with van der Waals surface area (Å²) < 4.78 is 0. The Labute approximate surface area is 153 Å². The van der Waals surface area contributed by atoms with Gasteiger partial charge in [0.2, 0.25) is 5.91 Å². The predicted octanol–water partition coefficient (Wildman–Crippen LogP) is 3.59. The van der Waals surface area contributed by atoms with Crippen molar-refractivity contribution in [3.8, 4) is 0 Å². The second-order valence-corrected chi connectivity index (χ2v) is 5.81. The molecule has 0 aliphatic rings. The van der Waals surface area contributed by atoms with Crippen LogP contribution in [0.25, 0.3) is 0 Å². The van der Waals surface area contributed by atoms with Crippen molar-refractivity contribution < 1.29 is 14.4 Å². The molecule has 0 saturated carbocycles. The number of nitrogens with one attached hydrogen (secondary N) is 2. The summed E-state index contributed by atoms with van der Waals surface area (Å²) in [6, 6.07) is 14.9. The van der Waals surface area contributed by atoms with Crippen molar-refractivity contribution in [2.45, 2.75) is 27.2 Å². The van der Waals surface area contributed by atoms with Gasteiger partial charge in [-0.1, -0.05) is 36.3 Å². The molecule has 0 saturated heterocycles. The van der Waals surface area contributed by atoms with Crippen molar-refractivity contribution in [3.05, 3.63) is 59.7 Å². The summed E-state index contributed by atoms with van der Waals surface area (Å²) in [6.45, 7) is 5.13. The molecule has 0 radical (unpaired) electrons. The first-order valence-electron chi connectivity index (χ1n) is 8.41. The van der Waals surface area contributed by atoms with Crippen molar-refractivity contribution in [1.82, 2.24) is 0 Å². The third-order valence-electron chi connectivity index (χ3n) is 3.64. The summed E-state index contributed by atoms with van der Waals surface area (Å²) in [5, 5.41) is 9.45. The Morgan fingerprint density at radius 3 is 2.38 bits per heavy atom. The summed E-state index contributed by atoms with van der Waals surface area (Å²) in [5.41, 5.74) is 4.09. The maximum Gasteiger partial charge on any atom is 0.265 e. The molecule has 0 bridgehead atoms. The number of benzene rings is 2. The molecular formula is C20H23N3O3. The van der Waals surface area contributed by atoms with Crippen LogP contribution in [-0.2, 0) is 20.8 Å². The molecule has 0 aromatic heterocycles. The molecule has 2 N–H and O–H groups in total. The van der Waals surface area contributed by atoms with Gasteiger partial charge in [0, 0.05) is 18.3 Å². The molecule has 2 aromatic carbocycles. The fraction of sp³-hybridized carbons (Fsp3) is 0.250. The predicted molar refractivity (Wildman–Crippen MR) is 103 cm³/mol. The van der Waals surface area contributed by atoms with Gasteiger partial charge in [0.1, 0.15) is 0 Å². The average molecular weight is 353 g/mol. The van der Waals surface area contributed by atoms with Gasteiger partial charge in [0.25, 0.3) is 5.91 Å². The highest BCUT2D eigenvalue weighted by Gasteiger charge is 2.04. The Hall–Kier alpha value is -3.15. The van der Waals surface area contributed by atoms with E-state index in [0.29, 0.717) is 11.4 Å². The molecule has 6 heteroatoms. The summed E-state index contributed by atoms with van der Waals surface area (Å²) in [7, 11) is 0. The zero-order valence-corrected chi connectivity index (χ0v) is 15.2. The largest absolute Gasteiger partial charge is 0.385 e. The Morgan fingerprint density at radius 1 is 1.00 bits per heavy atom. The van der Waals surface area contributed by atoms with E-state index in [4.69, 9.17) is 4.84 Å². The van der Waals surface area contributed by atoms with E-state index < -0.39 is 0 Å². The standard InChI is InChI=1S/C20H23N3O3/c1-4-16-6-5-7-19(12-16)22-20(25)13-26-23-14(2)17-8-10-18(11-9-17)21-15(3)24/h5-12H,4,13H2,1-3H3,(H,21,24)(H,22,25)/b23-14+. The molecule has 136 valence electrons.